The molecule has 1 aliphatic rings. The monoisotopic (exact) mass is 495 g/mol. The van der Waals surface area contributed by atoms with Crippen molar-refractivity contribution in [3.63, 3.8) is 0 Å². The fourth-order valence-electron chi connectivity index (χ4n) is 4.30. The first-order chi connectivity index (χ1) is 17.1. The van der Waals surface area contributed by atoms with Crippen molar-refractivity contribution in [1.82, 2.24) is 25.2 Å². The minimum atomic E-state index is -0.387. The average Bonchev–Trinajstić information content (AvgIpc) is 3.54. The van der Waals surface area contributed by atoms with Gasteiger partial charge in [-0.15, -0.1) is 10.2 Å². The minimum absolute atomic E-state index is 0.0509. The average molecular weight is 496 g/mol. The van der Waals surface area contributed by atoms with E-state index in [9.17, 15) is 4.79 Å². The smallest absolute Gasteiger partial charge is 0.329 e. The van der Waals surface area contributed by atoms with Gasteiger partial charge in [-0.25, -0.2) is 9.78 Å². The molecule has 1 aliphatic carbocycles. The van der Waals surface area contributed by atoms with Gasteiger partial charge in [-0.05, 0) is 60.6 Å². The summed E-state index contributed by atoms with van der Waals surface area (Å²) in [7, 11) is 1.63. The lowest BCUT2D eigenvalue weighted by molar-refractivity contribution is -0.144. The van der Waals surface area contributed by atoms with Crippen molar-refractivity contribution in [2.45, 2.75) is 52.0 Å². The number of esters is 1. The van der Waals surface area contributed by atoms with E-state index >= 15 is 0 Å². The number of rotatable bonds is 10. The van der Waals surface area contributed by atoms with E-state index in [0.717, 1.165) is 22.4 Å². The number of aryl methyl sites for hydroxylation is 2. The Labute approximate surface area is 210 Å². The van der Waals surface area contributed by atoms with Gasteiger partial charge in [0.1, 0.15) is 0 Å². The highest BCUT2D eigenvalue weighted by Crippen LogP contribution is 2.33. The van der Waals surface area contributed by atoms with E-state index < -0.39 is 0 Å². The fraction of sp³-hybridized carbons (Fsp3) is 0.423. The van der Waals surface area contributed by atoms with E-state index in [1.807, 2.05) is 30.3 Å². The fourth-order valence-corrected chi connectivity index (χ4v) is 4.57. The lowest BCUT2D eigenvalue weighted by Crippen LogP contribution is -2.15. The third kappa shape index (κ3) is 6.66. The Morgan fingerprint density at radius 3 is 2.77 bits per heavy atom. The van der Waals surface area contributed by atoms with E-state index in [-0.39, 0.29) is 12.5 Å². The number of pyridine rings is 1. The second kappa shape index (κ2) is 11.9. The highest BCUT2D eigenvalue weighted by molar-refractivity contribution is 6.31. The van der Waals surface area contributed by atoms with Gasteiger partial charge in [-0.2, -0.15) is 4.80 Å². The summed E-state index contributed by atoms with van der Waals surface area (Å²) in [6.45, 7) is 2.03. The molecule has 0 unspecified atom stereocenters. The van der Waals surface area contributed by atoms with Gasteiger partial charge >= 0.3 is 5.97 Å². The van der Waals surface area contributed by atoms with Crippen LogP contribution in [0.3, 0.4) is 0 Å². The SMILES string of the molecule is CCOC(=O)Cn1nnc(CCc2ccc(/C(=C\C3CCCC3)c3cccc(OC)n3)cc2Cl)n1. The van der Waals surface area contributed by atoms with E-state index in [1.54, 1.807) is 14.0 Å². The standard InChI is InChI=1S/C26H30ClN5O3/c1-3-35-26(33)17-32-30-24(29-31-32)14-13-19-11-12-20(16-22(19)27)21(15-18-7-4-5-8-18)23-9-6-10-25(28-23)34-2/h6,9-12,15-16,18H,3-5,7-8,13-14,17H2,1-2H3/b21-15+. The summed E-state index contributed by atoms with van der Waals surface area (Å²) >= 11 is 6.72. The van der Waals surface area contributed by atoms with Gasteiger partial charge in [-0.1, -0.05) is 48.7 Å². The number of aromatic nitrogens is 5. The first kappa shape index (κ1) is 24.9. The first-order valence-corrected chi connectivity index (χ1v) is 12.4. The zero-order valence-corrected chi connectivity index (χ0v) is 20.9. The van der Waals surface area contributed by atoms with Crippen molar-refractivity contribution in [2.24, 2.45) is 5.92 Å². The summed E-state index contributed by atoms with van der Waals surface area (Å²) in [5.41, 5.74) is 3.98. The number of hydrogen-bond donors (Lipinski definition) is 0. The number of carbonyl (C=O) groups is 1. The van der Waals surface area contributed by atoms with E-state index in [0.29, 0.717) is 42.1 Å². The highest BCUT2D eigenvalue weighted by atomic mass is 35.5. The van der Waals surface area contributed by atoms with Crippen molar-refractivity contribution in [3.8, 4) is 5.88 Å². The number of benzene rings is 1. The Morgan fingerprint density at radius 2 is 2.03 bits per heavy atom. The molecule has 0 bridgehead atoms. The summed E-state index contributed by atoms with van der Waals surface area (Å²) in [4.78, 5) is 17.5. The normalized spacial score (nSPS) is 14.3. The van der Waals surface area contributed by atoms with Crippen LogP contribution >= 0.6 is 11.6 Å². The van der Waals surface area contributed by atoms with Crippen molar-refractivity contribution in [2.75, 3.05) is 13.7 Å². The molecule has 0 atom stereocenters. The van der Waals surface area contributed by atoms with Crippen LogP contribution in [0.2, 0.25) is 5.02 Å². The maximum atomic E-state index is 11.6. The molecule has 0 amide bonds. The molecule has 8 nitrogen and oxygen atoms in total. The first-order valence-electron chi connectivity index (χ1n) is 12.0. The lowest BCUT2D eigenvalue weighted by Gasteiger charge is -2.14. The Morgan fingerprint density at radius 1 is 1.20 bits per heavy atom. The minimum Gasteiger partial charge on any atom is -0.481 e. The van der Waals surface area contributed by atoms with Crippen molar-refractivity contribution >= 4 is 23.1 Å². The zero-order valence-electron chi connectivity index (χ0n) is 20.1. The van der Waals surface area contributed by atoms with Crippen LogP contribution in [0, 0.1) is 5.92 Å². The van der Waals surface area contributed by atoms with E-state index in [4.69, 9.17) is 21.1 Å². The number of halogens is 1. The molecule has 1 aromatic carbocycles. The maximum Gasteiger partial charge on any atom is 0.329 e. The van der Waals surface area contributed by atoms with Gasteiger partial charge < -0.3 is 9.47 Å². The molecule has 35 heavy (non-hydrogen) atoms. The molecular weight excluding hydrogens is 466 g/mol. The van der Waals surface area contributed by atoms with E-state index in [1.165, 1.54) is 30.5 Å². The molecule has 0 spiro atoms. The topological polar surface area (TPSA) is 92.0 Å². The third-order valence-corrected chi connectivity index (χ3v) is 6.41. The van der Waals surface area contributed by atoms with Crippen LogP contribution in [0.25, 0.3) is 5.57 Å². The van der Waals surface area contributed by atoms with Crippen LogP contribution in [0.5, 0.6) is 5.88 Å². The molecule has 184 valence electrons. The van der Waals surface area contributed by atoms with Gasteiger partial charge in [0, 0.05) is 23.1 Å². The lowest BCUT2D eigenvalue weighted by atomic mass is 9.94. The summed E-state index contributed by atoms with van der Waals surface area (Å²) in [6, 6.07) is 12.0. The van der Waals surface area contributed by atoms with Crippen LogP contribution < -0.4 is 4.74 Å². The molecule has 0 aliphatic heterocycles. The van der Waals surface area contributed by atoms with Crippen molar-refractivity contribution in [3.05, 3.63) is 70.1 Å². The molecule has 1 saturated carbocycles. The van der Waals surface area contributed by atoms with Gasteiger partial charge in [0.2, 0.25) is 5.88 Å². The summed E-state index contributed by atoms with van der Waals surface area (Å²) in [5, 5.41) is 12.9. The van der Waals surface area contributed by atoms with Gasteiger partial charge in [0.05, 0.1) is 19.4 Å². The van der Waals surface area contributed by atoms with Crippen LogP contribution in [0.1, 0.15) is 55.3 Å². The molecule has 1 fully saturated rings. The molecule has 4 rings (SSSR count). The molecule has 3 aromatic rings. The molecule has 0 saturated heterocycles. The van der Waals surface area contributed by atoms with Crippen molar-refractivity contribution in [1.29, 1.82) is 0 Å². The van der Waals surface area contributed by atoms with Crippen LogP contribution in [0.4, 0.5) is 0 Å². The number of methoxy groups -OCH3 is 1. The van der Waals surface area contributed by atoms with Gasteiger partial charge in [0.25, 0.3) is 0 Å². The number of tetrazole rings is 1. The molecular formula is C26H30ClN5O3. The van der Waals surface area contributed by atoms with E-state index in [2.05, 4.69) is 32.5 Å². The van der Waals surface area contributed by atoms with Gasteiger partial charge in [-0.3, -0.25) is 0 Å². The summed E-state index contributed by atoms with van der Waals surface area (Å²) in [6.07, 6.45) is 8.47. The van der Waals surface area contributed by atoms with Gasteiger partial charge in [0.15, 0.2) is 12.4 Å². The number of carbonyl (C=O) groups excluding carboxylic acids is 1. The number of ether oxygens (including phenoxy) is 2. The molecule has 9 heteroatoms. The third-order valence-electron chi connectivity index (χ3n) is 6.06. The Kier molecular flexibility index (Phi) is 8.47. The van der Waals surface area contributed by atoms with Crippen molar-refractivity contribution < 1.29 is 14.3 Å². The van der Waals surface area contributed by atoms with Crippen LogP contribution in [-0.2, 0) is 28.9 Å². The molecule has 2 aromatic heterocycles. The predicted molar refractivity (Wildman–Crippen MR) is 133 cm³/mol. The highest BCUT2D eigenvalue weighted by Gasteiger charge is 2.17. The Balaban J connectivity index is 1.50. The predicted octanol–water partition coefficient (Wildman–Crippen LogP) is 4.70. The number of nitrogens with zero attached hydrogens (tertiary/aromatic N) is 5. The molecule has 2 heterocycles. The second-order valence-corrected chi connectivity index (χ2v) is 8.94. The summed E-state index contributed by atoms with van der Waals surface area (Å²) in [5.74, 6) is 1.30. The van der Waals surface area contributed by atoms with Crippen LogP contribution in [0.15, 0.2) is 42.5 Å². The molecule has 0 N–H and O–H groups in total. The van der Waals surface area contributed by atoms with Crippen LogP contribution in [-0.4, -0.2) is 44.9 Å². The Bertz CT molecular complexity index is 1190. The number of allylic oxidation sites excluding steroid dienone is 1. The quantitative estimate of drug-likeness (QED) is 0.376. The Hall–Kier alpha value is -3.26. The second-order valence-electron chi connectivity index (χ2n) is 8.54. The largest absolute Gasteiger partial charge is 0.481 e. The number of hydrogen-bond acceptors (Lipinski definition) is 7. The maximum absolute atomic E-state index is 11.6. The zero-order chi connectivity index (χ0) is 24.6. The molecule has 0 radical (unpaired) electrons. The summed E-state index contributed by atoms with van der Waals surface area (Å²) < 4.78 is 10.3.